The molecule has 0 saturated carbocycles. The van der Waals surface area contributed by atoms with Gasteiger partial charge in [0.1, 0.15) is 0 Å². The van der Waals surface area contributed by atoms with Gasteiger partial charge in [0, 0.05) is 30.2 Å². The maximum absolute atomic E-state index is 12.3. The summed E-state index contributed by atoms with van der Waals surface area (Å²) in [6.45, 7) is 5.54. The maximum Gasteiger partial charge on any atom is 0.310 e. The van der Waals surface area contributed by atoms with Crippen molar-refractivity contribution in [1.82, 2.24) is 4.90 Å². The molecule has 1 heterocycles. The molecule has 4 nitrogen and oxygen atoms in total. The van der Waals surface area contributed by atoms with Crippen molar-refractivity contribution in [3.05, 3.63) is 29.8 Å². The highest BCUT2D eigenvalue weighted by Crippen LogP contribution is 2.22. The molecule has 1 atom stereocenters. The second kappa shape index (κ2) is 8.96. The van der Waals surface area contributed by atoms with Gasteiger partial charge in [-0.1, -0.05) is 17.7 Å². The van der Waals surface area contributed by atoms with E-state index in [9.17, 15) is 9.59 Å². The minimum atomic E-state index is -0.168. The van der Waals surface area contributed by atoms with E-state index >= 15 is 0 Å². The fraction of sp³-hybridized carbons (Fsp3) is 0.556. The normalized spacial score (nSPS) is 17.8. The Labute approximate surface area is 142 Å². The predicted octanol–water partition coefficient (Wildman–Crippen LogP) is 3.28. The molecule has 2 rings (SSSR count). The molecule has 1 aromatic rings. The van der Waals surface area contributed by atoms with Gasteiger partial charge in [0.15, 0.2) is 0 Å². The van der Waals surface area contributed by atoms with Crippen molar-refractivity contribution in [2.45, 2.75) is 38.0 Å². The Hall–Kier alpha value is -1.49. The number of esters is 1. The van der Waals surface area contributed by atoms with Crippen molar-refractivity contribution < 1.29 is 14.3 Å². The molecular weight excluding hydrogens is 310 g/mol. The summed E-state index contributed by atoms with van der Waals surface area (Å²) in [6, 6.07) is 8.34. The number of rotatable bonds is 6. The summed E-state index contributed by atoms with van der Waals surface area (Å²) < 4.78 is 5.08. The van der Waals surface area contributed by atoms with Crippen LogP contribution in [0.15, 0.2) is 29.2 Å². The Morgan fingerprint density at radius 1 is 1.30 bits per heavy atom. The first-order valence-corrected chi connectivity index (χ1v) is 9.22. The molecule has 1 amide bonds. The van der Waals surface area contributed by atoms with Gasteiger partial charge in [0.05, 0.1) is 12.5 Å². The van der Waals surface area contributed by atoms with Gasteiger partial charge in [-0.15, -0.1) is 11.8 Å². The van der Waals surface area contributed by atoms with Gasteiger partial charge in [-0.2, -0.15) is 0 Å². The van der Waals surface area contributed by atoms with Crippen LogP contribution in [0.4, 0.5) is 0 Å². The number of thioether (sulfide) groups is 1. The van der Waals surface area contributed by atoms with E-state index in [2.05, 4.69) is 31.2 Å². The summed E-state index contributed by atoms with van der Waals surface area (Å²) in [5.41, 5.74) is 1.24. The second-order valence-electron chi connectivity index (χ2n) is 5.84. The van der Waals surface area contributed by atoms with E-state index in [1.54, 1.807) is 11.8 Å². The van der Waals surface area contributed by atoms with Crippen molar-refractivity contribution in [2.75, 3.05) is 25.4 Å². The fourth-order valence-corrected chi connectivity index (χ4v) is 3.55. The molecule has 0 bridgehead atoms. The van der Waals surface area contributed by atoms with Crippen molar-refractivity contribution >= 4 is 23.6 Å². The summed E-state index contributed by atoms with van der Waals surface area (Å²) in [6.07, 6.45) is 2.20. The monoisotopic (exact) mass is 335 g/mol. The second-order valence-corrected chi connectivity index (χ2v) is 7.01. The van der Waals surface area contributed by atoms with E-state index in [0.717, 1.165) is 25.1 Å². The third kappa shape index (κ3) is 5.57. The molecule has 0 unspecified atom stereocenters. The zero-order valence-electron chi connectivity index (χ0n) is 13.9. The molecule has 1 aromatic carbocycles. The summed E-state index contributed by atoms with van der Waals surface area (Å²) >= 11 is 1.70. The van der Waals surface area contributed by atoms with E-state index in [4.69, 9.17) is 4.74 Å². The summed E-state index contributed by atoms with van der Waals surface area (Å²) in [5, 5.41) is 0. The first kappa shape index (κ1) is 17.9. The average Bonchev–Trinajstić information content (AvgIpc) is 2.57. The number of aryl methyl sites for hydroxylation is 1. The smallest absolute Gasteiger partial charge is 0.310 e. The van der Waals surface area contributed by atoms with Crippen LogP contribution >= 0.6 is 11.8 Å². The Morgan fingerprint density at radius 2 is 2.04 bits per heavy atom. The van der Waals surface area contributed by atoms with Crippen LogP contribution in [0, 0.1) is 12.8 Å². The van der Waals surface area contributed by atoms with Crippen LogP contribution in [0.2, 0.25) is 0 Å². The number of carbonyl (C=O) groups is 2. The first-order chi connectivity index (χ1) is 11.1. The van der Waals surface area contributed by atoms with E-state index in [1.165, 1.54) is 10.5 Å². The minimum absolute atomic E-state index is 0.138. The van der Waals surface area contributed by atoms with Gasteiger partial charge in [-0.25, -0.2) is 0 Å². The third-order valence-electron chi connectivity index (χ3n) is 4.00. The molecule has 23 heavy (non-hydrogen) atoms. The molecule has 1 aliphatic rings. The molecule has 0 aromatic heterocycles. The average molecular weight is 335 g/mol. The van der Waals surface area contributed by atoms with E-state index < -0.39 is 0 Å². The number of piperidine rings is 1. The number of carbonyl (C=O) groups excluding carboxylic acids is 2. The molecule has 1 fully saturated rings. The van der Waals surface area contributed by atoms with Crippen LogP contribution in [-0.4, -0.2) is 42.2 Å². The number of likely N-dealkylation sites (tertiary alicyclic amines) is 1. The molecule has 1 aliphatic heterocycles. The number of hydrogen-bond acceptors (Lipinski definition) is 4. The van der Waals surface area contributed by atoms with Gasteiger partial charge in [-0.05, 0) is 38.8 Å². The Morgan fingerprint density at radius 3 is 2.74 bits per heavy atom. The lowest BCUT2D eigenvalue weighted by molar-refractivity contribution is -0.151. The molecule has 0 N–H and O–H groups in total. The Bertz CT molecular complexity index is 530. The quantitative estimate of drug-likeness (QED) is 0.591. The predicted molar refractivity (Wildman–Crippen MR) is 92.5 cm³/mol. The molecule has 126 valence electrons. The maximum atomic E-state index is 12.3. The van der Waals surface area contributed by atoms with Gasteiger partial charge in [0.25, 0.3) is 0 Å². The van der Waals surface area contributed by atoms with Gasteiger partial charge < -0.3 is 9.64 Å². The van der Waals surface area contributed by atoms with Crippen LogP contribution in [0.3, 0.4) is 0 Å². The Kier molecular flexibility index (Phi) is 6.96. The highest BCUT2D eigenvalue weighted by atomic mass is 32.2. The minimum Gasteiger partial charge on any atom is -0.466 e. The zero-order chi connectivity index (χ0) is 16.7. The number of ether oxygens (including phenoxy) is 1. The summed E-state index contributed by atoms with van der Waals surface area (Å²) in [7, 11) is 0. The molecule has 0 aliphatic carbocycles. The van der Waals surface area contributed by atoms with Crippen molar-refractivity contribution in [3.8, 4) is 0 Å². The SMILES string of the molecule is CCOC(=O)[C@H]1CCCN(C(=O)CCSc2ccc(C)cc2)C1. The lowest BCUT2D eigenvalue weighted by Crippen LogP contribution is -2.42. The summed E-state index contributed by atoms with van der Waals surface area (Å²) in [5.74, 6) is 0.581. The van der Waals surface area contributed by atoms with Crippen LogP contribution < -0.4 is 0 Å². The zero-order valence-corrected chi connectivity index (χ0v) is 14.7. The van der Waals surface area contributed by atoms with Gasteiger partial charge >= 0.3 is 5.97 Å². The van der Waals surface area contributed by atoms with Crippen molar-refractivity contribution in [1.29, 1.82) is 0 Å². The lowest BCUT2D eigenvalue weighted by atomic mass is 9.98. The molecule has 1 saturated heterocycles. The van der Waals surface area contributed by atoms with Gasteiger partial charge in [0.2, 0.25) is 5.91 Å². The standard InChI is InChI=1S/C18H25NO3S/c1-3-22-18(21)15-5-4-11-19(13-15)17(20)10-12-23-16-8-6-14(2)7-9-16/h6-9,15H,3-5,10-13H2,1-2H3/t15-/m0/s1. The van der Waals surface area contributed by atoms with E-state index in [0.29, 0.717) is 19.6 Å². The van der Waals surface area contributed by atoms with Crippen LogP contribution in [-0.2, 0) is 14.3 Å². The largest absolute Gasteiger partial charge is 0.466 e. The molecule has 5 heteroatoms. The van der Waals surface area contributed by atoms with Gasteiger partial charge in [-0.3, -0.25) is 9.59 Å². The van der Waals surface area contributed by atoms with Crippen LogP contribution in [0.25, 0.3) is 0 Å². The molecule has 0 spiro atoms. The molecule has 0 radical (unpaired) electrons. The van der Waals surface area contributed by atoms with E-state index in [1.807, 2.05) is 11.8 Å². The number of hydrogen-bond donors (Lipinski definition) is 0. The highest BCUT2D eigenvalue weighted by molar-refractivity contribution is 7.99. The number of benzene rings is 1. The fourth-order valence-electron chi connectivity index (χ4n) is 2.70. The number of amides is 1. The van der Waals surface area contributed by atoms with Crippen LogP contribution in [0.5, 0.6) is 0 Å². The first-order valence-electron chi connectivity index (χ1n) is 8.24. The van der Waals surface area contributed by atoms with Crippen LogP contribution in [0.1, 0.15) is 31.7 Å². The third-order valence-corrected chi connectivity index (χ3v) is 5.01. The van der Waals surface area contributed by atoms with E-state index in [-0.39, 0.29) is 17.8 Å². The highest BCUT2D eigenvalue weighted by Gasteiger charge is 2.28. The summed E-state index contributed by atoms with van der Waals surface area (Å²) in [4.78, 5) is 27.2. The number of nitrogens with zero attached hydrogens (tertiary/aromatic N) is 1. The lowest BCUT2D eigenvalue weighted by Gasteiger charge is -2.31. The Balaban J connectivity index is 1.76. The van der Waals surface area contributed by atoms with Crippen molar-refractivity contribution in [2.24, 2.45) is 5.92 Å². The topological polar surface area (TPSA) is 46.6 Å². The van der Waals surface area contributed by atoms with Crippen molar-refractivity contribution in [3.63, 3.8) is 0 Å². The molecular formula is C18H25NO3S.